The highest BCUT2D eigenvalue weighted by Gasteiger charge is 2.52. The standard InChI is InChI=1S/C17H26O6SSi2/c1-12-15(21-17(24)20-13-9-7-6-8-10-13)16-14(19-12)11-18-25(2,3)23-26(4,5)22-16/h6-10,12,14-16H,11H2,1-5H3/t12-,14+,15?,16-/m0/s1. The van der Waals surface area contributed by atoms with Gasteiger partial charge >= 0.3 is 22.4 Å². The predicted molar refractivity (Wildman–Crippen MR) is 106 cm³/mol. The van der Waals surface area contributed by atoms with Gasteiger partial charge in [-0.15, -0.1) is 0 Å². The lowest BCUT2D eigenvalue weighted by Gasteiger charge is -2.39. The van der Waals surface area contributed by atoms with E-state index in [1.807, 2.05) is 63.4 Å². The van der Waals surface area contributed by atoms with Crippen molar-refractivity contribution in [3.8, 4) is 5.75 Å². The van der Waals surface area contributed by atoms with Crippen molar-refractivity contribution >= 4 is 34.6 Å². The molecule has 4 atom stereocenters. The van der Waals surface area contributed by atoms with Gasteiger partial charge in [-0.05, 0) is 45.2 Å². The first kappa shape index (κ1) is 19.9. The molecule has 0 aromatic heterocycles. The molecule has 26 heavy (non-hydrogen) atoms. The van der Waals surface area contributed by atoms with Gasteiger partial charge in [-0.3, -0.25) is 0 Å². The molecule has 0 radical (unpaired) electrons. The van der Waals surface area contributed by atoms with Crippen LogP contribution in [-0.2, 0) is 22.4 Å². The molecular formula is C17H26O6SSi2. The average Bonchev–Trinajstić information content (AvgIpc) is 2.80. The molecule has 2 aliphatic heterocycles. The Labute approximate surface area is 162 Å². The molecule has 0 saturated carbocycles. The van der Waals surface area contributed by atoms with Crippen molar-refractivity contribution < 1.29 is 27.2 Å². The van der Waals surface area contributed by atoms with Crippen molar-refractivity contribution in [1.82, 2.24) is 0 Å². The van der Waals surface area contributed by atoms with Gasteiger partial charge in [-0.2, -0.15) is 0 Å². The Morgan fingerprint density at radius 3 is 2.50 bits per heavy atom. The SMILES string of the molecule is C[C@@H]1O[C@@H]2CO[Si](C)(C)O[Si](C)(C)O[C@@H]2C1OC(=S)Oc1ccccc1. The summed E-state index contributed by atoms with van der Waals surface area (Å²) in [5, 5.41) is 0.0546. The van der Waals surface area contributed by atoms with Crippen LogP contribution in [0, 0.1) is 0 Å². The quantitative estimate of drug-likeness (QED) is 0.543. The van der Waals surface area contributed by atoms with Crippen LogP contribution in [0.3, 0.4) is 0 Å². The van der Waals surface area contributed by atoms with Crippen LogP contribution in [0.5, 0.6) is 5.75 Å². The molecule has 0 spiro atoms. The maximum absolute atomic E-state index is 6.38. The Bertz CT molecular complexity index is 641. The summed E-state index contributed by atoms with van der Waals surface area (Å²) in [6.45, 7) is 10.5. The molecular weight excluding hydrogens is 388 g/mol. The lowest BCUT2D eigenvalue weighted by atomic mass is 10.1. The van der Waals surface area contributed by atoms with E-state index in [4.69, 9.17) is 39.4 Å². The van der Waals surface area contributed by atoms with Crippen LogP contribution >= 0.6 is 12.2 Å². The van der Waals surface area contributed by atoms with Crippen LogP contribution in [0.25, 0.3) is 0 Å². The first-order chi connectivity index (χ1) is 12.2. The molecule has 2 aliphatic rings. The van der Waals surface area contributed by atoms with E-state index in [2.05, 4.69) is 0 Å². The molecule has 0 bridgehead atoms. The Kier molecular flexibility index (Phi) is 5.88. The zero-order valence-electron chi connectivity index (χ0n) is 15.8. The summed E-state index contributed by atoms with van der Waals surface area (Å²) in [5.74, 6) is 0.633. The number of rotatable bonds is 2. The molecule has 2 saturated heterocycles. The van der Waals surface area contributed by atoms with Crippen molar-refractivity contribution in [3.63, 3.8) is 0 Å². The number of hydrogen-bond donors (Lipinski definition) is 0. The highest BCUT2D eigenvalue weighted by atomic mass is 32.1. The fourth-order valence-electron chi connectivity index (χ4n) is 3.33. The van der Waals surface area contributed by atoms with Gasteiger partial charge in [0, 0.05) is 12.2 Å². The summed E-state index contributed by atoms with van der Waals surface area (Å²) in [5.41, 5.74) is 0. The second-order valence-electron chi connectivity index (χ2n) is 7.42. The van der Waals surface area contributed by atoms with Gasteiger partial charge in [0.1, 0.15) is 18.0 Å². The van der Waals surface area contributed by atoms with Crippen molar-refractivity contribution in [3.05, 3.63) is 30.3 Å². The minimum absolute atomic E-state index is 0.0546. The van der Waals surface area contributed by atoms with E-state index < -0.39 is 17.1 Å². The third-order valence-corrected chi connectivity index (χ3v) is 10.0. The second kappa shape index (κ2) is 7.66. The van der Waals surface area contributed by atoms with E-state index in [9.17, 15) is 0 Å². The summed E-state index contributed by atoms with van der Waals surface area (Å²) in [6.07, 6.45) is -1.09. The number of benzene rings is 1. The lowest BCUT2D eigenvalue weighted by Crippen LogP contribution is -2.57. The summed E-state index contributed by atoms with van der Waals surface area (Å²) in [4.78, 5) is 0. The Morgan fingerprint density at radius 1 is 1.12 bits per heavy atom. The van der Waals surface area contributed by atoms with Crippen molar-refractivity contribution in [2.75, 3.05) is 6.61 Å². The van der Waals surface area contributed by atoms with E-state index in [0.29, 0.717) is 12.4 Å². The van der Waals surface area contributed by atoms with Gasteiger partial charge in [0.25, 0.3) is 0 Å². The minimum atomic E-state index is -2.40. The van der Waals surface area contributed by atoms with Crippen molar-refractivity contribution in [1.29, 1.82) is 0 Å². The van der Waals surface area contributed by atoms with Crippen LogP contribution in [0.4, 0.5) is 0 Å². The van der Waals surface area contributed by atoms with E-state index in [-0.39, 0.29) is 29.7 Å². The van der Waals surface area contributed by atoms with Gasteiger partial charge in [0.05, 0.1) is 12.7 Å². The Hall–Kier alpha value is -0.816. The van der Waals surface area contributed by atoms with Gasteiger partial charge in [0.15, 0.2) is 6.10 Å². The number of para-hydroxylation sites is 1. The molecule has 144 valence electrons. The fraction of sp³-hybridized carbons (Fsp3) is 0.588. The number of fused-ring (bicyclic) bond motifs is 1. The van der Waals surface area contributed by atoms with E-state index >= 15 is 0 Å². The highest BCUT2D eigenvalue weighted by molar-refractivity contribution is 7.79. The van der Waals surface area contributed by atoms with E-state index in [1.165, 1.54) is 0 Å². The van der Waals surface area contributed by atoms with Crippen molar-refractivity contribution in [2.24, 2.45) is 0 Å². The zero-order chi connectivity index (χ0) is 18.9. The zero-order valence-corrected chi connectivity index (χ0v) is 18.6. The topological polar surface area (TPSA) is 55.4 Å². The summed E-state index contributed by atoms with van der Waals surface area (Å²) < 4.78 is 36.2. The summed E-state index contributed by atoms with van der Waals surface area (Å²) in [7, 11) is -4.63. The maximum Gasteiger partial charge on any atom is 0.358 e. The highest BCUT2D eigenvalue weighted by Crippen LogP contribution is 2.33. The molecule has 9 heteroatoms. The Balaban J connectivity index is 1.70. The smallest absolute Gasteiger partial charge is 0.358 e. The van der Waals surface area contributed by atoms with Gasteiger partial charge < -0.3 is 27.2 Å². The first-order valence-corrected chi connectivity index (χ1v) is 14.8. The minimum Gasteiger partial charge on any atom is -0.448 e. The number of thiocarbonyl (C=S) groups is 1. The number of hydrogen-bond acceptors (Lipinski definition) is 7. The average molecular weight is 415 g/mol. The fourth-order valence-corrected chi connectivity index (χ4v) is 10.2. The van der Waals surface area contributed by atoms with Crippen LogP contribution < -0.4 is 4.74 Å². The van der Waals surface area contributed by atoms with E-state index in [1.54, 1.807) is 0 Å². The maximum atomic E-state index is 6.38. The first-order valence-electron chi connectivity index (χ1n) is 8.76. The number of ether oxygens (including phenoxy) is 3. The molecule has 1 unspecified atom stereocenters. The normalized spacial score (nSPS) is 32.8. The monoisotopic (exact) mass is 414 g/mol. The predicted octanol–water partition coefficient (Wildman–Crippen LogP) is 3.36. The van der Waals surface area contributed by atoms with Crippen LogP contribution in [0.1, 0.15) is 6.92 Å². The van der Waals surface area contributed by atoms with E-state index in [0.717, 1.165) is 0 Å². The Morgan fingerprint density at radius 2 is 1.81 bits per heavy atom. The molecule has 1 aromatic carbocycles. The third kappa shape index (κ3) is 4.91. The summed E-state index contributed by atoms with van der Waals surface area (Å²) >= 11 is 5.27. The lowest BCUT2D eigenvalue weighted by molar-refractivity contribution is -0.0281. The van der Waals surface area contributed by atoms with Gasteiger partial charge in [-0.25, -0.2) is 0 Å². The van der Waals surface area contributed by atoms with Crippen molar-refractivity contribution in [2.45, 2.75) is 57.5 Å². The molecule has 6 nitrogen and oxygen atoms in total. The molecule has 3 rings (SSSR count). The van der Waals surface area contributed by atoms with Crippen LogP contribution in [0.2, 0.25) is 26.2 Å². The second-order valence-corrected chi connectivity index (χ2v) is 14.7. The van der Waals surface area contributed by atoms with Crippen LogP contribution in [-0.4, -0.2) is 53.4 Å². The van der Waals surface area contributed by atoms with Crippen LogP contribution in [0.15, 0.2) is 30.3 Å². The third-order valence-electron chi connectivity index (χ3n) is 4.23. The summed E-state index contributed by atoms with van der Waals surface area (Å²) in [6, 6.07) is 9.31. The molecule has 2 heterocycles. The molecule has 2 fully saturated rings. The molecule has 0 amide bonds. The molecule has 0 N–H and O–H groups in total. The molecule has 0 aliphatic carbocycles. The van der Waals surface area contributed by atoms with Gasteiger partial charge in [-0.1, -0.05) is 18.2 Å². The van der Waals surface area contributed by atoms with Gasteiger partial charge in [0.2, 0.25) is 0 Å². The largest absolute Gasteiger partial charge is 0.448 e. The molecule has 1 aromatic rings.